The standard InChI is InChI=1S/C16H24N4O4/c1-17-20(16(23)18-10-15(21)22)12-14-4-2-13(3-5-14)11-19-6-8-24-9-7-19/h2-5,17H,6-12H2,1H3,(H,18,23)(H,21,22). The van der Waals surface area contributed by atoms with Crippen LogP contribution in [0, 0.1) is 0 Å². The summed E-state index contributed by atoms with van der Waals surface area (Å²) < 4.78 is 5.34. The SMILES string of the molecule is CNN(Cc1ccc(CN2CCOCC2)cc1)C(=O)NCC(=O)O. The Hall–Kier alpha value is -2.16. The van der Waals surface area contributed by atoms with Crippen molar-refractivity contribution in [3.8, 4) is 0 Å². The molecule has 1 aromatic carbocycles. The van der Waals surface area contributed by atoms with E-state index in [-0.39, 0.29) is 0 Å². The van der Waals surface area contributed by atoms with E-state index in [1.54, 1.807) is 7.05 Å². The Bertz CT molecular complexity index is 544. The summed E-state index contributed by atoms with van der Waals surface area (Å²) in [7, 11) is 1.62. The highest BCUT2D eigenvalue weighted by Gasteiger charge is 2.14. The molecule has 0 aliphatic carbocycles. The summed E-state index contributed by atoms with van der Waals surface area (Å²) in [6.45, 7) is 4.27. The third-order valence-corrected chi connectivity index (χ3v) is 3.78. The molecule has 132 valence electrons. The van der Waals surface area contributed by atoms with Crippen molar-refractivity contribution in [2.24, 2.45) is 0 Å². The van der Waals surface area contributed by atoms with Crippen molar-refractivity contribution in [3.05, 3.63) is 35.4 Å². The Labute approximate surface area is 141 Å². The Morgan fingerprint density at radius 2 is 1.83 bits per heavy atom. The van der Waals surface area contributed by atoms with Gasteiger partial charge in [0.15, 0.2) is 0 Å². The zero-order valence-electron chi connectivity index (χ0n) is 13.8. The van der Waals surface area contributed by atoms with Crippen molar-refractivity contribution in [2.45, 2.75) is 13.1 Å². The van der Waals surface area contributed by atoms with E-state index >= 15 is 0 Å². The molecule has 0 bridgehead atoms. The number of amides is 2. The van der Waals surface area contributed by atoms with Crippen molar-refractivity contribution in [1.82, 2.24) is 20.7 Å². The first kappa shape index (κ1) is 18.2. The molecule has 0 spiro atoms. The minimum Gasteiger partial charge on any atom is -0.480 e. The lowest BCUT2D eigenvalue weighted by Gasteiger charge is -2.26. The topological polar surface area (TPSA) is 94.1 Å². The van der Waals surface area contributed by atoms with Crippen LogP contribution in [0.3, 0.4) is 0 Å². The van der Waals surface area contributed by atoms with E-state index in [2.05, 4.69) is 15.6 Å². The first-order valence-corrected chi connectivity index (χ1v) is 7.91. The van der Waals surface area contributed by atoms with Crippen LogP contribution < -0.4 is 10.7 Å². The van der Waals surface area contributed by atoms with E-state index in [4.69, 9.17) is 9.84 Å². The minimum atomic E-state index is -1.08. The van der Waals surface area contributed by atoms with E-state index < -0.39 is 18.5 Å². The number of carbonyl (C=O) groups is 2. The molecule has 8 nitrogen and oxygen atoms in total. The van der Waals surface area contributed by atoms with E-state index in [9.17, 15) is 9.59 Å². The normalized spacial score (nSPS) is 15.0. The molecule has 0 saturated carbocycles. The van der Waals surface area contributed by atoms with Crippen molar-refractivity contribution in [2.75, 3.05) is 39.9 Å². The Morgan fingerprint density at radius 3 is 2.42 bits per heavy atom. The van der Waals surface area contributed by atoms with Crippen LogP contribution in [-0.4, -0.2) is 66.9 Å². The van der Waals surface area contributed by atoms with Crippen LogP contribution in [0.25, 0.3) is 0 Å². The van der Waals surface area contributed by atoms with Crippen molar-refractivity contribution < 1.29 is 19.4 Å². The highest BCUT2D eigenvalue weighted by molar-refractivity contribution is 5.79. The van der Waals surface area contributed by atoms with Gasteiger partial charge in [-0.2, -0.15) is 0 Å². The highest BCUT2D eigenvalue weighted by Crippen LogP contribution is 2.10. The van der Waals surface area contributed by atoms with Crippen LogP contribution in [0.4, 0.5) is 4.79 Å². The average molecular weight is 336 g/mol. The summed E-state index contributed by atoms with van der Waals surface area (Å²) >= 11 is 0. The predicted molar refractivity (Wildman–Crippen MR) is 88.2 cm³/mol. The van der Waals surface area contributed by atoms with Gasteiger partial charge in [0.2, 0.25) is 0 Å². The number of carbonyl (C=O) groups excluding carboxylic acids is 1. The number of nitrogens with one attached hydrogen (secondary N) is 2. The predicted octanol–water partition coefficient (Wildman–Crippen LogP) is 0.249. The smallest absolute Gasteiger partial charge is 0.332 e. The maximum absolute atomic E-state index is 11.9. The molecule has 2 rings (SSSR count). The molecule has 1 fully saturated rings. The van der Waals surface area contributed by atoms with Crippen LogP contribution in [-0.2, 0) is 22.6 Å². The molecule has 1 aliphatic rings. The molecule has 1 aliphatic heterocycles. The van der Waals surface area contributed by atoms with Crippen molar-refractivity contribution >= 4 is 12.0 Å². The summed E-state index contributed by atoms with van der Waals surface area (Å²) in [5.74, 6) is -1.08. The van der Waals surface area contributed by atoms with Gasteiger partial charge in [0, 0.05) is 26.7 Å². The highest BCUT2D eigenvalue weighted by atomic mass is 16.5. The maximum Gasteiger partial charge on any atom is 0.332 e. The van der Waals surface area contributed by atoms with Crippen LogP contribution in [0.1, 0.15) is 11.1 Å². The van der Waals surface area contributed by atoms with Crippen LogP contribution in [0.2, 0.25) is 0 Å². The molecule has 1 saturated heterocycles. The number of nitrogens with zero attached hydrogens (tertiary/aromatic N) is 2. The number of hydrogen-bond donors (Lipinski definition) is 3. The van der Waals surface area contributed by atoms with Crippen LogP contribution >= 0.6 is 0 Å². The Balaban J connectivity index is 1.86. The largest absolute Gasteiger partial charge is 0.480 e. The van der Waals surface area contributed by atoms with Gasteiger partial charge in [0.25, 0.3) is 0 Å². The zero-order valence-corrected chi connectivity index (χ0v) is 13.8. The summed E-state index contributed by atoms with van der Waals surface area (Å²) in [6, 6.07) is 7.58. The van der Waals surface area contributed by atoms with Crippen LogP contribution in [0.5, 0.6) is 0 Å². The minimum absolute atomic E-state index is 0.347. The number of ether oxygens (including phenoxy) is 1. The fraction of sp³-hybridized carbons (Fsp3) is 0.500. The van der Waals surface area contributed by atoms with Gasteiger partial charge in [-0.3, -0.25) is 14.7 Å². The molecule has 0 atom stereocenters. The maximum atomic E-state index is 11.9. The second-order valence-electron chi connectivity index (χ2n) is 5.57. The molecule has 24 heavy (non-hydrogen) atoms. The lowest BCUT2D eigenvalue weighted by molar-refractivity contribution is -0.135. The van der Waals surface area contributed by atoms with Crippen LogP contribution in [0.15, 0.2) is 24.3 Å². The number of aliphatic carboxylic acids is 1. The van der Waals surface area contributed by atoms with Gasteiger partial charge in [-0.05, 0) is 11.1 Å². The molecule has 0 unspecified atom stereocenters. The third kappa shape index (κ3) is 5.80. The number of hydrogen-bond acceptors (Lipinski definition) is 5. The molecular weight excluding hydrogens is 312 g/mol. The molecule has 0 aromatic heterocycles. The number of rotatable bonds is 7. The quantitative estimate of drug-likeness (QED) is 0.618. The fourth-order valence-corrected chi connectivity index (χ4v) is 2.45. The summed E-state index contributed by atoms with van der Waals surface area (Å²) in [4.78, 5) is 24.7. The number of hydrazine groups is 1. The van der Waals surface area contributed by atoms with E-state index in [1.165, 1.54) is 10.6 Å². The molecule has 3 N–H and O–H groups in total. The number of morpholine rings is 1. The molecular formula is C16H24N4O4. The Kier molecular flexibility index (Phi) is 6.98. The summed E-state index contributed by atoms with van der Waals surface area (Å²) in [5.41, 5.74) is 4.93. The van der Waals surface area contributed by atoms with Gasteiger partial charge < -0.3 is 15.2 Å². The van der Waals surface area contributed by atoms with Crippen molar-refractivity contribution in [1.29, 1.82) is 0 Å². The summed E-state index contributed by atoms with van der Waals surface area (Å²) in [5, 5.41) is 12.3. The van der Waals surface area contributed by atoms with E-state index in [0.717, 1.165) is 38.4 Å². The van der Waals surface area contributed by atoms with E-state index in [1.807, 2.05) is 24.3 Å². The average Bonchev–Trinajstić information content (AvgIpc) is 2.60. The number of carboxylic acids is 1. The third-order valence-electron chi connectivity index (χ3n) is 3.78. The van der Waals surface area contributed by atoms with Gasteiger partial charge in [-0.25, -0.2) is 10.2 Å². The second-order valence-corrected chi connectivity index (χ2v) is 5.57. The second kappa shape index (κ2) is 9.21. The first-order chi connectivity index (χ1) is 11.6. The first-order valence-electron chi connectivity index (χ1n) is 7.91. The van der Waals surface area contributed by atoms with E-state index in [0.29, 0.717) is 6.54 Å². The van der Waals surface area contributed by atoms with Gasteiger partial charge >= 0.3 is 12.0 Å². The lowest BCUT2D eigenvalue weighted by Crippen LogP contribution is -2.47. The van der Waals surface area contributed by atoms with Gasteiger partial charge in [0.05, 0.1) is 19.8 Å². The van der Waals surface area contributed by atoms with Gasteiger partial charge in [0.1, 0.15) is 6.54 Å². The monoisotopic (exact) mass is 336 g/mol. The van der Waals surface area contributed by atoms with Gasteiger partial charge in [-0.1, -0.05) is 24.3 Å². The molecule has 8 heteroatoms. The number of carboxylic acid groups (broad SMARTS) is 1. The van der Waals surface area contributed by atoms with Crippen molar-refractivity contribution in [3.63, 3.8) is 0 Å². The molecule has 1 aromatic rings. The zero-order chi connectivity index (χ0) is 17.4. The van der Waals surface area contributed by atoms with Gasteiger partial charge in [-0.15, -0.1) is 0 Å². The molecule has 1 heterocycles. The summed E-state index contributed by atoms with van der Waals surface area (Å²) in [6.07, 6.45) is 0. The fourth-order valence-electron chi connectivity index (χ4n) is 2.45. The lowest BCUT2D eigenvalue weighted by atomic mass is 10.1. The Morgan fingerprint density at radius 1 is 1.21 bits per heavy atom. The number of benzene rings is 1. The molecule has 0 radical (unpaired) electrons. The number of urea groups is 1. The molecule has 2 amide bonds.